The van der Waals surface area contributed by atoms with Crippen LogP contribution < -0.4 is 10.1 Å². The molecule has 0 aromatic heterocycles. The summed E-state index contributed by atoms with van der Waals surface area (Å²) in [5.74, 6) is -0.0682. The molecule has 5 heteroatoms. The maximum atomic E-state index is 11.1. The van der Waals surface area contributed by atoms with Crippen molar-refractivity contribution in [2.45, 2.75) is 25.7 Å². The van der Waals surface area contributed by atoms with Gasteiger partial charge in [-0.05, 0) is 47.9 Å². The summed E-state index contributed by atoms with van der Waals surface area (Å²) in [6.45, 7) is 3.38. The van der Waals surface area contributed by atoms with E-state index in [2.05, 4.69) is 18.3 Å². The zero-order chi connectivity index (χ0) is 17.1. The number of aromatic carboxylic acids is 1. The van der Waals surface area contributed by atoms with Crippen LogP contribution in [-0.2, 0) is 6.42 Å². The highest BCUT2D eigenvalue weighted by atomic mass is 35.5. The first kappa shape index (κ1) is 16.7. The molecule has 0 saturated heterocycles. The molecule has 0 bridgehead atoms. The second-order valence-electron chi connectivity index (χ2n) is 6.00. The molecule has 0 spiro atoms. The zero-order valence-corrected chi connectivity index (χ0v) is 14.3. The molecular weight excluding hydrogens is 326 g/mol. The van der Waals surface area contributed by atoms with E-state index in [0.717, 1.165) is 23.6 Å². The van der Waals surface area contributed by atoms with E-state index in [1.165, 1.54) is 11.1 Å². The van der Waals surface area contributed by atoms with Gasteiger partial charge in [0.05, 0.1) is 17.9 Å². The van der Waals surface area contributed by atoms with Crippen LogP contribution in [0.25, 0.3) is 0 Å². The second kappa shape index (κ2) is 7.14. The highest BCUT2D eigenvalue weighted by molar-refractivity contribution is 6.30. The van der Waals surface area contributed by atoms with Crippen LogP contribution in [0.2, 0.25) is 5.02 Å². The number of anilines is 1. The fraction of sp³-hybridized carbons (Fsp3) is 0.316. The predicted octanol–water partition coefficient (Wildman–Crippen LogP) is 4.58. The van der Waals surface area contributed by atoms with Gasteiger partial charge in [-0.25, -0.2) is 4.79 Å². The summed E-state index contributed by atoms with van der Waals surface area (Å²) in [7, 11) is 0. The third kappa shape index (κ3) is 3.49. The first-order valence-electron chi connectivity index (χ1n) is 8.10. The van der Waals surface area contributed by atoms with Crippen LogP contribution in [0.1, 0.15) is 40.7 Å². The number of carboxylic acids is 1. The average molecular weight is 346 g/mol. The summed E-state index contributed by atoms with van der Waals surface area (Å²) >= 11 is 6.14. The third-order valence-electron chi connectivity index (χ3n) is 4.27. The van der Waals surface area contributed by atoms with E-state index >= 15 is 0 Å². The minimum atomic E-state index is -0.941. The second-order valence-corrected chi connectivity index (χ2v) is 6.43. The van der Waals surface area contributed by atoms with Crippen LogP contribution in [0.15, 0.2) is 36.4 Å². The van der Waals surface area contributed by atoms with Gasteiger partial charge >= 0.3 is 5.97 Å². The van der Waals surface area contributed by atoms with Crippen molar-refractivity contribution in [1.82, 2.24) is 0 Å². The Kier molecular flexibility index (Phi) is 4.95. The molecule has 2 aromatic carbocycles. The highest BCUT2D eigenvalue weighted by Gasteiger charge is 2.21. The van der Waals surface area contributed by atoms with Crippen molar-refractivity contribution in [2.75, 3.05) is 18.5 Å². The Bertz CT molecular complexity index is 760. The first-order valence-corrected chi connectivity index (χ1v) is 8.48. The van der Waals surface area contributed by atoms with Gasteiger partial charge in [0.25, 0.3) is 0 Å². The molecule has 1 unspecified atom stereocenters. The Hall–Kier alpha value is -2.20. The average Bonchev–Trinajstić information content (AvgIpc) is 2.77. The zero-order valence-electron chi connectivity index (χ0n) is 13.5. The Morgan fingerprint density at radius 1 is 1.33 bits per heavy atom. The molecule has 2 aromatic rings. The summed E-state index contributed by atoms with van der Waals surface area (Å²) in [5.41, 5.74) is 3.46. The van der Waals surface area contributed by atoms with E-state index < -0.39 is 5.97 Å². The molecule has 0 saturated carbocycles. The molecule has 2 N–H and O–H groups in total. The standard InChI is InChI=1S/C19H20ClNO3/c1-2-3-12-8-15(20)5-6-16(12)14-10-21-17-9-13(19(22)23)4-7-18(17)24-11-14/h4-9,14,21H,2-3,10-11H2,1H3,(H,22,23). The van der Waals surface area contributed by atoms with E-state index in [0.29, 0.717) is 18.9 Å². The topological polar surface area (TPSA) is 58.6 Å². The van der Waals surface area contributed by atoms with Crippen molar-refractivity contribution in [3.8, 4) is 5.75 Å². The third-order valence-corrected chi connectivity index (χ3v) is 4.50. The molecule has 0 radical (unpaired) electrons. The summed E-state index contributed by atoms with van der Waals surface area (Å²) in [5, 5.41) is 13.2. The number of carboxylic acid groups (broad SMARTS) is 1. The summed E-state index contributed by atoms with van der Waals surface area (Å²) < 4.78 is 5.93. The molecule has 24 heavy (non-hydrogen) atoms. The number of fused-ring (bicyclic) bond motifs is 1. The van der Waals surface area contributed by atoms with E-state index in [9.17, 15) is 4.79 Å². The lowest BCUT2D eigenvalue weighted by Gasteiger charge is -2.18. The van der Waals surface area contributed by atoms with Gasteiger partial charge in [0.15, 0.2) is 0 Å². The predicted molar refractivity (Wildman–Crippen MR) is 95.6 cm³/mol. The maximum Gasteiger partial charge on any atom is 0.335 e. The van der Waals surface area contributed by atoms with Crippen molar-refractivity contribution in [2.24, 2.45) is 0 Å². The van der Waals surface area contributed by atoms with Crippen LogP contribution in [0.5, 0.6) is 5.75 Å². The number of aryl methyl sites for hydroxylation is 1. The smallest absolute Gasteiger partial charge is 0.335 e. The van der Waals surface area contributed by atoms with Crippen LogP contribution in [-0.4, -0.2) is 24.2 Å². The summed E-state index contributed by atoms with van der Waals surface area (Å²) in [4.78, 5) is 11.1. The minimum absolute atomic E-state index is 0.185. The first-order chi connectivity index (χ1) is 11.6. The fourth-order valence-corrected chi connectivity index (χ4v) is 3.26. The molecule has 1 aliphatic heterocycles. The van der Waals surface area contributed by atoms with Crippen molar-refractivity contribution >= 4 is 23.3 Å². The molecule has 0 amide bonds. The molecule has 0 fully saturated rings. The van der Waals surface area contributed by atoms with Crippen molar-refractivity contribution < 1.29 is 14.6 Å². The number of rotatable bonds is 4. The number of benzene rings is 2. The van der Waals surface area contributed by atoms with Gasteiger partial charge in [-0.1, -0.05) is 31.0 Å². The number of carbonyl (C=O) groups is 1. The number of nitrogens with one attached hydrogen (secondary N) is 1. The quantitative estimate of drug-likeness (QED) is 0.851. The van der Waals surface area contributed by atoms with Crippen molar-refractivity contribution in [3.05, 3.63) is 58.1 Å². The molecule has 4 nitrogen and oxygen atoms in total. The van der Waals surface area contributed by atoms with Gasteiger partial charge in [-0.2, -0.15) is 0 Å². The van der Waals surface area contributed by atoms with E-state index in [1.807, 2.05) is 12.1 Å². The Morgan fingerprint density at radius 3 is 2.92 bits per heavy atom. The van der Waals surface area contributed by atoms with E-state index in [4.69, 9.17) is 21.4 Å². The molecule has 0 aliphatic carbocycles. The van der Waals surface area contributed by atoms with Gasteiger partial charge in [0.1, 0.15) is 5.75 Å². The Morgan fingerprint density at radius 2 is 2.17 bits per heavy atom. The highest BCUT2D eigenvalue weighted by Crippen LogP contribution is 2.33. The lowest BCUT2D eigenvalue weighted by atomic mass is 9.92. The normalized spacial score (nSPS) is 16.5. The maximum absolute atomic E-state index is 11.1. The van der Waals surface area contributed by atoms with Crippen LogP contribution in [0.4, 0.5) is 5.69 Å². The van der Waals surface area contributed by atoms with E-state index in [1.54, 1.807) is 18.2 Å². The molecular formula is C19H20ClNO3. The lowest BCUT2D eigenvalue weighted by molar-refractivity contribution is 0.0697. The number of halogens is 1. The fourth-order valence-electron chi connectivity index (χ4n) is 3.07. The van der Waals surface area contributed by atoms with Crippen LogP contribution in [0, 0.1) is 0 Å². The van der Waals surface area contributed by atoms with Gasteiger partial charge in [-0.3, -0.25) is 0 Å². The van der Waals surface area contributed by atoms with Crippen molar-refractivity contribution in [1.29, 1.82) is 0 Å². The van der Waals surface area contributed by atoms with Gasteiger partial charge in [0.2, 0.25) is 0 Å². The Balaban J connectivity index is 1.85. The lowest BCUT2D eigenvalue weighted by Crippen LogP contribution is -2.17. The molecule has 1 aliphatic rings. The van der Waals surface area contributed by atoms with E-state index in [-0.39, 0.29) is 11.5 Å². The van der Waals surface area contributed by atoms with Gasteiger partial charge < -0.3 is 15.2 Å². The molecule has 1 atom stereocenters. The molecule has 1 heterocycles. The SMILES string of the molecule is CCCc1cc(Cl)ccc1C1CNc2cc(C(=O)O)ccc2OC1. The summed E-state index contributed by atoms with van der Waals surface area (Å²) in [6, 6.07) is 10.9. The summed E-state index contributed by atoms with van der Waals surface area (Å²) in [6.07, 6.45) is 2.03. The number of hydrogen-bond acceptors (Lipinski definition) is 3. The van der Waals surface area contributed by atoms with Crippen LogP contribution in [0.3, 0.4) is 0 Å². The van der Waals surface area contributed by atoms with Gasteiger partial charge in [-0.15, -0.1) is 0 Å². The Labute approximate surface area is 146 Å². The monoisotopic (exact) mass is 345 g/mol. The van der Waals surface area contributed by atoms with Crippen molar-refractivity contribution in [3.63, 3.8) is 0 Å². The van der Waals surface area contributed by atoms with Gasteiger partial charge in [0, 0.05) is 17.5 Å². The number of hydrogen-bond donors (Lipinski definition) is 2. The largest absolute Gasteiger partial charge is 0.491 e. The number of ether oxygens (including phenoxy) is 1. The van der Waals surface area contributed by atoms with Crippen LogP contribution >= 0.6 is 11.6 Å². The molecule has 126 valence electrons. The molecule has 3 rings (SSSR count). The minimum Gasteiger partial charge on any atom is -0.491 e.